The van der Waals surface area contributed by atoms with E-state index in [2.05, 4.69) is 51.7 Å². The molecule has 4 aromatic heterocycles. The van der Waals surface area contributed by atoms with Crippen LogP contribution in [0, 0.1) is 0 Å². The number of aliphatic hydroxyl groups excluding tert-OH is 2. The first-order valence-corrected chi connectivity index (χ1v) is 18.0. The molecule has 0 spiro atoms. The highest BCUT2D eigenvalue weighted by Crippen LogP contribution is 2.59. The number of nitrogens with two attached hydrogens (primary N) is 2. The van der Waals surface area contributed by atoms with E-state index in [0.717, 1.165) is 0 Å². The Morgan fingerprint density at radius 1 is 0.833 bits per heavy atom. The third-order valence-electron chi connectivity index (χ3n) is 6.38. The molecule has 4 aromatic rings. The fraction of sp³-hybridized carbons (Fsp3) is 0.364. The zero-order chi connectivity index (χ0) is 35.4. The van der Waals surface area contributed by atoms with Crippen LogP contribution in [0.1, 0.15) is 12.1 Å². The topological polar surface area (TPSA) is 348 Å². The van der Waals surface area contributed by atoms with E-state index in [9.17, 15) is 43.3 Å². The first-order valence-electron chi connectivity index (χ1n) is 13.3. The Balaban J connectivity index is 1.25. The zero-order valence-electron chi connectivity index (χ0n) is 24.7. The van der Waals surface area contributed by atoms with Gasteiger partial charge in [-0.3, -0.25) is 33.3 Å². The Labute approximate surface area is 268 Å². The summed E-state index contributed by atoms with van der Waals surface area (Å²) in [6, 6.07) is -1.90. The quantitative estimate of drug-likeness (QED) is 0.0464. The molecule has 0 aliphatic carbocycles. The lowest BCUT2D eigenvalue weighted by molar-refractivity contribution is 0.160. The molecule has 48 heavy (non-hydrogen) atoms. The number of nitrogen functional groups attached to an aromatic ring is 2. The second-order valence-corrected chi connectivity index (χ2v) is 15.0. The van der Waals surface area contributed by atoms with Gasteiger partial charge in [0.25, 0.3) is 11.1 Å². The van der Waals surface area contributed by atoms with Gasteiger partial charge < -0.3 is 50.1 Å². The minimum atomic E-state index is -4.83. The van der Waals surface area contributed by atoms with Crippen LogP contribution < -0.4 is 22.6 Å². The van der Waals surface area contributed by atoms with Crippen molar-refractivity contribution < 1.29 is 51.8 Å². The maximum absolute atomic E-state index is 12.4. The standard InChI is InChI=1S/C22H31N10O13P3/c1-11(13(3-33)31-7-25-15-17(31)27-21(23)29-19(15)35)5-42-9-47(38,39)44-46(37)45-48(40,41)10-43-6-12(2)14(4-34)32-8-26-16-18(32)28-22(24)30-20(16)36/h7-8,13-14,33-34,46H,1-6,9-10H2,(H,38,39)(H,40,41)(H3,23,27,29,35)(H3,24,28,30,36). The molecule has 0 aromatic carbocycles. The van der Waals surface area contributed by atoms with Crippen molar-refractivity contribution in [1.82, 2.24) is 39.0 Å². The van der Waals surface area contributed by atoms with Crippen molar-refractivity contribution in [2.75, 3.05) is 50.6 Å². The predicted octanol–water partition coefficient (Wildman–Crippen LogP) is -0.662. The number of imidazole rings is 2. The summed E-state index contributed by atoms with van der Waals surface area (Å²) in [6.45, 7) is 5.49. The first kappa shape index (κ1) is 37.0. The molecular formula is C22H31N10O13P3. The molecule has 4 heterocycles. The van der Waals surface area contributed by atoms with Gasteiger partial charge in [0.15, 0.2) is 22.3 Å². The lowest BCUT2D eigenvalue weighted by Crippen LogP contribution is -2.20. The second kappa shape index (κ2) is 15.1. The third-order valence-corrected chi connectivity index (χ3v) is 10.9. The maximum Gasteiger partial charge on any atom is 0.360 e. The number of aromatic amines is 2. The number of fused-ring (bicyclic) bond motifs is 2. The Hall–Kier alpha value is -3.85. The molecule has 0 amide bonds. The van der Waals surface area contributed by atoms with Gasteiger partial charge in [-0.2, -0.15) is 9.97 Å². The molecule has 0 fully saturated rings. The molecule has 26 heteroatoms. The van der Waals surface area contributed by atoms with Gasteiger partial charge in [0.1, 0.15) is 12.7 Å². The molecule has 0 bridgehead atoms. The van der Waals surface area contributed by atoms with Crippen LogP contribution in [0.3, 0.4) is 0 Å². The Morgan fingerprint density at radius 2 is 1.21 bits per heavy atom. The van der Waals surface area contributed by atoms with Crippen LogP contribution in [0.15, 0.2) is 46.5 Å². The predicted molar refractivity (Wildman–Crippen MR) is 168 cm³/mol. The molecule has 0 aliphatic rings. The highest BCUT2D eigenvalue weighted by atomic mass is 31.3. The number of ether oxygens (including phenoxy) is 2. The normalized spacial score (nSPS) is 16.3. The minimum Gasteiger partial charge on any atom is -0.394 e. The molecule has 0 aliphatic heterocycles. The molecule has 0 radical (unpaired) electrons. The summed E-state index contributed by atoms with van der Waals surface area (Å²) in [7, 11) is -13.7. The minimum absolute atomic E-state index is 0.0332. The van der Waals surface area contributed by atoms with Gasteiger partial charge in [-0.25, -0.2) is 18.6 Å². The number of anilines is 2. The number of aliphatic hydroxyl groups is 2. The number of rotatable bonds is 18. The fourth-order valence-electron chi connectivity index (χ4n) is 4.25. The van der Waals surface area contributed by atoms with E-state index >= 15 is 0 Å². The van der Waals surface area contributed by atoms with Crippen molar-refractivity contribution in [3.63, 3.8) is 0 Å². The molecule has 10 N–H and O–H groups in total. The smallest absolute Gasteiger partial charge is 0.360 e. The number of aromatic nitrogens is 8. The zero-order valence-corrected chi connectivity index (χ0v) is 27.5. The van der Waals surface area contributed by atoms with Crippen molar-refractivity contribution >= 4 is 57.7 Å². The molecule has 4 unspecified atom stereocenters. The van der Waals surface area contributed by atoms with Gasteiger partial charge in [-0.1, -0.05) is 13.2 Å². The third kappa shape index (κ3) is 8.78. The van der Waals surface area contributed by atoms with Crippen molar-refractivity contribution in [2.45, 2.75) is 12.1 Å². The molecule has 0 saturated heterocycles. The second-order valence-electron chi connectivity index (χ2n) is 9.93. The molecule has 4 atom stereocenters. The number of nitrogens with one attached hydrogen (secondary N) is 2. The van der Waals surface area contributed by atoms with Crippen LogP contribution in [0.4, 0.5) is 11.9 Å². The van der Waals surface area contributed by atoms with Crippen molar-refractivity contribution in [2.24, 2.45) is 0 Å². The summed E-state index contributed by atoms with van der Waals surface area (Å²) in [5, 5.41) is 19.8. The lowest BCUT2D eigenvalue weighted by Gasteiger charge is -2.20. The average molecular weight is 736 g/mol. The van der Waals surface area contributed by atoms with Crippen molar-refractivity contribution in [3.05, 3.63) is 57.7 Å². The highest BCUT2D eigenvalue weighted by Gasteiger charge is 2.31. The van der Waals surface area contributed by atoms with Crippen LogP contribution >= 0.6 is 23.4 Å². The van der Waals surface area contributed by atoms with Crippen LogP contribution in [-0.4, -0.2) is 98.2 Å². The van der Waals surface area contributed by atoms with Crippen LogP contribution in [0.2, 0.25) is 0 Å². The van der Waals surface area contributed by atoms with E-state index in [1.165, 1.54) is 21.8 Å². The largest absolute Gasteiger partial charge is 0.394 e. The van der Waals surface area contributed by atoms with Gasteiger partial charge in [-0.05, 0) is 11.1 Å². The SMILES string of the molecule is C=C(COCP(=O)(O)O[PH](=O)OP(=O)(O)COCC(=C)C(CO)n1cnc2c(=O)[nH]c(N)nc21)C(CO)n1cnc2c(=O)[nH]c(N)nc21. The fourth-order valence-corrected chi connectivity index (χ4v) is 7.61. The van der Waals surface area contributed by atoms with Crippen LogP contribution in [0.25, 0.3) is 22.3 Å². The molecular weight excluding hydrogens is 705 g/mol. The van der Waals surface area contributed by atoms with Crippen LogP contribution in [-0.2, 0) is 31.8 Å². The molecule has 0 saturated carbocycles. The number of hydrogen-bond acceptors (Lipinski definition) is 17. The van der Waals surface area contributed by atoms with Gasteiger partial charge in [0.2, 0.25) is 11.9 Å². The molecule has 262 valence electrons. The summed E-state index contributed by atoms with van der Waals surface area (Å²) < 4.78 is 58.7. The number of H-pyrrole nitrogens is 2. The number of nitrogens with zero attached hydrogens (tertiary/aromatic N) is 6. The van der Waals surface area contributed by atoms with Crippen molar-refractivity contribution in [3.8, 4) is 0 Å². The maximum atomic E-state index is 12.4. The van der Waals surface area contributed by atoms with E-state index in [1.54, 1.807) is 0 Å². The first-order chi connectivity index (χ1) is 22.6. The van der Waals surface area contributed by atoms with E-state index in [-0.39, 0.29) is 45.4 Å². The summed E-state index contributed by atoms with van der Waals surface area (Å²) in [4.78, 5) is 64.5. The van der Waals surface area contributed by atoms with E-state index in [0.29, 0.717) is 0 Å². The summed E-state index contributed by atoms with van der Waals surface area (Å²) >= 11 is 0. The van der Waals surface area contributed by atoms with Gasteiger partial charge >= 0.3 is 23.4 Å². The Kier molecular flexibility index (Phi) is 11.7. The Bertz CT molecular complexity index is 1930. The van der Waals surface area contributed by atoms with E-state index < -0.39 is 85.8 Å². The van der Waals surface area contributed by atoms with Gasteiger partial charge in [0, 0.05) is 0 Å². The Morgan fingerprint density at radius 3 is 1.56 bits per heavy atom. The number of hydrogen-bond donors (Lipinski definition) is 8. The lowest BCUT2D eigenvalue weighted by atomic mass is 10.1. The summed E-state index contributed by atoms with van der Waals surface area (Å²) in [6.07, 6.45) is 0.282. The van der Waals surface area contributed by atoms with Gasteiger partial charge in [-0.15, -0.1) is 0 Å². The van der Waals surface area contributed by atoms with Crippen LogP contribution in [0.5, 0.6) is 0 Å². The monoisotopic (exact) mass is 736 g/mol. The van der Waals surface area contributed by atoms with E-state index in [4.69, 9.17) is 20.9 Å². The summed E-state index contributed by atoms with van der Waals surface area (Å²) in [5.41, 5.74) is 10.1. The average Bonchev–Trinajstić information content (AvgIpc) is 3.58. The van der Waals surface area contributed by atoms with E-state index in [1.807, 2.05) is 0 Å². The summed E-state index contributed by atoms with van der Waals surface area (Å²) in [5.74, 6) is -0.404. The molecule has 23 nitrogen and oxygen atoms in total. The van der Waals surface area contributed by atoms with Gasteiger partial charge in [0.05, 0.1) is 51.2 Å². The molecule has 4 rings (SSSR count). The van der Waals surface area contributed by atoms with Crippen molar-refractivity contribution in [1.29, 1.82) is 0 Å². The highest BCUT2D eigenvalue weighted by molar-refractivity contribution is 7.64.